The van der Waals surface area contributed by atoms with Gasteiger partial charge in [-0.1, -0.05) is 48.5 Å². The molecule has 0 aliphatic carbocycles. The Labute approximate surface area is 180 Å². The van der Waals surface area contributed by atoms with Gasteiger partial charge in [-0.25, -0.2) is 0 Å². The molecule has 0 bridgehead atoms. The first-order valence-corrected chi connectivity index (χ1v) is 9.75. The van der Waals surface area contributed by atoms with Gasteiger partial charge in [-0.3, -0.25) is 9.78 Å². The Bertz CT molecular complexity index is 1190. The number of allylic oxidation sites excluding steroid dienone is 1. The lowest BCUT2D eigenvalue weighted by molar-refractivity contribution is 0.0957. The lowest BCUT2D eigenvalue weighted by Crippen LogP contribution is -2.14. The summed E-state index contributed by atoms with van der Waals surface area (Å²) in [7, 11) is 1.59. The number of carbonyl (C=O) groups excluding carboxylic acids is 1. The van der Waals surface area contributed by atoms with E-state index in [4.69, 9.17) is 4.74 Å². The van der Waals surface area contributed by atoms with Crippen LogP contribution in [-0.4, -0.2) is 32.8 Å². The van der Waals surface area contributed by atoms with E-state index in [0.717, 1.165) is 16.7 Å². The first kappa shape index (κ1) is 20.0. The summed E-state index contributed by atoms with van der Waals surface area (Å²) in [6.07, 6.45) is 6.49. The number of carbonyl (C=O) groups is 1. The summed E-state index contributed by atoms with van der Waals surface area (Å²) < 4.78 is 6.60. The second-order valence-electron chi connectivity index (χ2n) is 6.67. The number of nitrogens with zero attached hydrogens (tertiary/aromatic N) is 4. The van der Waals surface area contributed by atoms with Crippen molar-refractivity contribution in [3.8, 4) is 17.1 Å². The highest BCUT2D eigenvalue weighted by Crippen LogP contribution is 2.20. The number of rotatable bonds is 7. The lowest BCUT2D eigenvalue weighted by Gasteiger charge is -2.06. The van der Waals surface area contributed by atoms with Gasteiger partial charge in [-0.2, -0.15) is 9.67 Å². The molecule has 2 heterocycles. The molecule has 0 fully saturated rings. The molecule has 0 unspecified atom stereocenters. The van der Waals surface area contributed by atoms with E-state index in [9.17, 15) is 4.79 Å². The van der Waals surface area contributed by atoms with Crippen molar-refractivity contribution in [1.82, 2.24) is 19.7 Å². The second-order valence-corrected chi connectivity index (χ2v) is 6.67. The van der Waals surface area contributed by atoms with Gasteiger partial charge in [0.05, 0.1) is 7.11 Å². The van der Waals surface area contributed by atoms with Gasteiger partial charge in [0.15, 0.2) is 5.82 Å². The quantitative estimate of drug-likeness (QED) is 0.456. The van der Waals surface area contributed by atoms with Crippen molar-refractivity contribution in [3.05, 3.63) is 96.3 Å². The summed E-state index contributed by atoms with van der Waals surface area (Å²) in [6, 6.07) is 21.0. The minimum atomic E-state index is -0.330. The predicted molar refractivity (Wildman–Crippen MR) is 120 cm³/mol. The molecule has 2 aromatic carbocycles. The number of pyridine rings is 1. The third-order valence-electron chi connectivity index (χ3n) is 4.57. The summed E-state index contributed by atoms with van der Waals surface area (Å²) >= 11 is 0. The predicted octanol–water partition coefficient (Wildman–Crippen LogP) is 4.31. The number of hydrogen-bond donors (Lipinski definition) is 1. The number of nitrogens with one attached hydrogen (secondary N) is 1. The summed E-state index contributed by atoms with van der Waals surface area (Å²) in [4.78, 5) is 21.6. The molecule has 2 aromatic heterocycles. The van der Waals surface area contributed by atoms with Gasteiger partial charge in [0, 0.05) is 36.1 Å². The highest BCUT2D eigenvalue weighted by molar-refractivity contribution is 5.95. The van der Waals surface area contributed by atoms with Gasteiger partial charge in [0.1, 0.15) is 5.75 Å². The highest BCUT2D eigenvalue weighted by Gasteiger charge is 2.16. The van der Waals surface area contributed by atoms with Crippen LogP contribution in [0.15, 0.2) is 85.2 Å². The average molecular weight is 411 g/mol. The molecule has 0 amide bonds. The van der Waals surface area contributed by atoms with Crippen molar-refractivity contribution < 1.29 is 9.53 Å². The maximum absolute atomic E-state index is 13.0. The van der Waals surface area contributed by atoms with Crippen LogP contribution in [0.5, 0.6) is 5.75 Å². The van der Waals surface area contributed by atoms with Crippen molar-refractivity contribution in [2.75, 3.05) is 12.4 Å². The first-order valence-electron chi connectivity index (χ1n) is 9.75. The number of methoxy groups -OCH3 is 1. The Morgan fingerprint density at radius 2 is 1.87 bits per heavy atom. The van der Waals surface area contributed by atoms with Crippen LogP contribution >= 0.6 is 0 Å². The van der Waals surface area contributed by atoms with Gasteiger partial charge < -0.3 is 10.1 Å². The molecule has 0 aliphatic rings. The molecular formula is C24H21N5O2. The Morgan fingerprint density at radius 3 is 2.65 bits per heavy atom. The highest BCUT2D eigenvalue weighted by atomic mass is 16.5. The maximum atomic E-state index is 13.0. The van der Waals surface area contributed by atoms with Crippen molar-refractivity contribution >= 4 is 17.9 Å². The normalized spacial score (nSPS) is 10.9. The fourth-order valence-electron chi connectivity index (χ4n) is 3.01. The zero-order valence-corrected chi connectivity index (χ0v) is 17.0. The van der Waals surface area contributed by atoms with Gasteiger partial charge in [0.25, 0.3) is 5.91 Å². The molecule has 0 saturated carbocycles. The largest absolute Gasteiger partial charge is 0.496 e. The van der Waals surface area contributed by atoms with Gasteiger partial charge >= 0.3 is 0 Å². The van der Waals surface area contributed by atoms with Crippen LogP contribution in [0, 0.1) is 0 Å². The molecule has 7 heteroatoms. The lowest BCUT2D eigenvalue weighted by atomic mass is 10.2. The summed E-state index contributed by atoms with van der Waals surface area (Å²) in [5.41, 5.74) is 2.59. The topological polar surface area (TPSA) is 81.9 Å². The van der Waals surface area contributed by atoms with Crippen molar-refractivity contribution in [1.29, 1.82) is 0 Å². The molecule has 31 heavy (non-hydrogen) atoms. The van der Waals surface area contributed by atoms with E-state index in [1.165, 1.54) is 10.8 Å². The van der Waals surface area contributed by atoms with Gasteiger partial charge in [-0.05, 0) is 29.8 Å². The fraction of sp³-hybridized carbons (Fsp3) is 0.0833. The third kappa shape index (κ3) is 4.84. The van der Waals surface area contributed by atoms with E-state index >= 15 is 0 Å². The van der Waals surface area contributed by atoms with Crippen LogP contribution in [0.1, 0.15) is 15.9 Å². The molecule has 0 atom stereocenters. The van der Waals surface area contributed by atoms with Gasteiger partial charge in [-0.15, -0.1) is 5.10 Å². The van der Waals surface area contributed by atoms with E-state index in [-0.39, 0.29) is 5.91 Å². The zero-order chi connectivity index (χ0) is 21.5. The second kappa shape index (κ2) is 9.49. The Hall–Kier alpha value is -4.26. The van der Waals surface area contributed by atoms with Crippen molar-refractivity contribution in [2.24, 2.45) is 0 Å². The zero-order valence-electron chi connectivity index (χ0n) is 17.0. The minimum Gasteiger partial charge on any atom is -0.496 e. The number of benzene rings is 2. The SMILES string of the molecule is COc1ccccc1C=CC(=O)n1nc(-c2cccnc2)nc1NCc1ccccc1. The number of ether oxygens (including phenoxy) is 1. The Morgan fingerprint density at radius 1 is 1.06 bits per heavy atom. The van der Waals surface area contributed by atoms with E-state index in [2.05, 4.69) is 20.4 Å². The van der Waals surface area contributed by atoms with Crippen LogP contribution in [0.4, 0.5) is 5.95 Å². The van der Waals surface area contributed by atoms with Crippen LogP contribution in [0.2, 0.25) is 0 Å². The molecule has 4 rings (SSSR count). The molecule has 0 aliphatic heterocycles. The maximum Gasteiger partial charge on any atom is 0.274 e. The number of anilines is 1. The van der Waals surface area contributed by atoms with E-state index < -0.39 is 0 Å². The standard InChI is InChI=1S/C24H21N5O2/c1-31-21-12-6-5-10-19(21)13-14-22(30)29-24(26-16-18-8-3-2-4-9-18)27-23(28-29)20-11-7-15-25-17-20/h2-15,17H,16H2,1H3,(H,26,27,28). The van der Waals surface area contributed by atoms with E-state index in [0.29, 0.717) is 24.1 Å². The molecular weight excluding hydrogens is 390 g/mol. The molecule has 7 nitrogen and oxygen atoms in total. The van der Waals surface area contributed by atoms with E-state index in [1.807, 2.05) is 60.7 Å². The third-order valence-corrected chi connectivity index (χ3v) is 4.57. The monoisotopic (exact) mass is 411 g/mol. The molecule has 0 saturated heterocycles. The number of hydrogen-bond acceptors (Lipinski definition) is 6. The fourth-order valence-corrected chi connectivity index (χ4v) is 3.01. The summed E-state index contributed by atoms with van der Waals surface area (Å²) in [5, 5.41) is 7.63. The summed E-state index contributed by atoms with van der Waals surface area (Å²) in [5.74, 6) is 1.13. The molecule has 1 N–H and O–H groups in total. The number of para-hydroxylation sites is 1. The Kier molecular flexibility index (Phi) is 6.13. The van der Waals surface area contributed by atoms with Crippen LogP contribution in [0.25, 0.3) is 17.5 Å². The molecule has 0 radical (unpaired) electrons. The summed E-state index contributed by atoms with van der Waals surface area (Å²) in [6.45, 7) is 0.509. The van der Waals surface area contributed by atoms with Crippen molar-refractivity contribution in [2.45, 2.75) is 6.54 Å². The molecule has 0 spiro atoms. The van der Waals surface area contributed by atoms with Crippen LogP contribution < -0.4 is 10.1 Å². The first-order chi connectivity index (χ1) is 15.2. The average Bonchev–Trinajstić information content (AvgIpc) is 3.27. The van der Waals surface area contributed by atoms with Crippen molar-refractivity contribution in [3.63, 3.8) is 0 Å². The molecule has 154 valence electrons. The molecule has 4 aromatic rings. The van der Waals surface area contributed by atoms with Crippen LogP contribution in [-0.2, 0) is 6.54 Å². The van der Waals surface area contributed by atoms with E-state index in [1.54, 1.807) is 31.6 Å². The van der Waals surface area contributed by atoms with Gasteiger partial charge in [0.2, 0.25) is 5.95 Å². The smallest absolute Gasteiger partial charge is 0.274 e. The number of aromatic nitrogens is 4. The minimum absolute atomic E-state index is 0.330. The van der Waals surface area contributed by atoms with Crippen LogP contribution in [0.3, 0.4) is 0 Å². The Balaban J connectivity index is 1.63.